The second-order valence-electron chi connectivity index (χ2n) is 7.48. The van der Waals surface area contributed by atoms with E-state index < -0.39 is 12.2 Å². The number of rotatable bonds is 4. The summed E-state index contributed by atoms with van der Waals surface area (Å²) < 4.78 is 3.33. The Kier molecular flexibility index (Phi) is 4.77. The summed E-state index contributed by atoms with van der Waals surface area (Å²) in [5, 5.41) is 21.4. The smallest absolute Gasteiger partial charge is 0.407 e. The Morgan fingerprint density at radius 1 is 1.37 bits per heavy atom. The first-order valence-corrected chi connectivity index (χ1v) is 10.2. The Bertz CT molecular complexity index is 972. The minimum Gasteiger partial charge on any atom is -0.465 e. The molecule has 3 aromatic rings. The van der Waals surface area contributed by atoms with Crippen LogP contribution in [0.15, 0.2) is 17.6 Å². The number of thiophene rings is 1. The topological polar surface area (TPSA) is 91.5 Å². The monoisotopic (exact) mass is 388 g/mol. The van der Waals surface area contributed by atoms with Crippen molar-refractivity contribution in [3.63, 3.8) is 0 Å². The number of fused-ring (bicyclic) bond motifs is 3. The van der Waals surface area contributed by atoms with E-state index >= 15 is 0 Å². The SMILES string of the molecule is C[C@@H](O)c1nc2cnc3ccsc3c2n1C1CCC(CN(C)C(=O)O)CC1. The van der Waals surface area contributed by atoms with Crippen molar-refractivity contribution in [3.05, 3.63) is 23.5 Å². The van der Waals surface area contributed by atoms with Gasteiger partial charge in [-0.1, -0.05) is 0 Å². The lowest BCUT2D eigenvalue weighted by Crippen LogP contribution is -2.32. The first-order chi connectivity index (χ1) is 13.0. The minimum absolute atomic E-state index is 0.263. The quantitative estimate of drug-likeness (QED) is 0.704. The van der Waals surface area contributed by atoms with Crippen LogP contribution >= 0.6 is 11.3 Å². The highest BCUT2D eigenvalue weighted by molar-refractivity contribution is 7.18. The molecule has 1 aliphatic rings. The predicted octanol–water partition coefficient (Wildman–Crippen LogP) is 4.04. The van der Waals surface area contributed by atoms with E-state index in [1.165, 1.54) is 4.90 Å². The van der Waals surface area contributed by atoms with Crippen molar-refractivity contribution in [1.29, 1.82) is 0 Å². The number of aliphatic hydroxyl groups is 1. The number of aliphatic hydroxyl groups excluding tert-OH is 1. The first-order valence-electron chi connectivity index (χ1n) is 9.32. The van der Waals surface area contributed by atoms with Crippen LogP contribution in [0.5, 0.6) is 0 Å². The Morgan fingerprint density at radius 2 is 2.11 bits per heavy atom. The third-order valence-electron chi connectivity index (χ3n) is 5.56. The van der Waals surface area contributed by atoms with Crippen LogP contribution in [-0.4, -0.2) is 49.3 Å². The van der Waals surface area contributed by atoms with Crippen LogP contribution < -0.4 is 0 Å². The first kappa shape index (κ1) is 18.2. The van der Waals surface area contributed by atoms with E-state index in [-0.39, 0.29) is 6.04 Å². The molecule has 0 bridgehead atoms. The van der Waals surface area contributed by atoms with Crippen molar-refractivity contribution in [2.45, 2.75) is 44.8 Å². The molecule has 144 valence electrons. The van der Waals surface area contributed by atoms with E-state index in [2.05, 4.69) is 14.5 Å². The number of pyridine rings is 1. The van der Waals surface area contributed by atoms with Gasteiger partial charge in [-0.25, -0.2) is 9.78 Å². The second kappa shape index (κ2) is 7.09. The molecule has 3 aromatic heterocycles. The standard InChI is InChI=1S/C19H24N4O3S/c1-11(24)18-21-15-9-20-14-7-8-27-17(14)16(15)23(18)13-5-3-12(4-6-13)10-22(2)19(25)26/h7-9,11-13,24H,3-6,10H2,1-2H3,(H,25,26)/t11-,12?,13?/m1/s1. The van der Waals surface area contributed by atoms with Gasteiger partial charge >= 0.3 is 6.09 Å². The molecule has 1 fully saturated rings. The lowest BCUT2D eigenvalue weighted by molar-refractivity contribution is 0.138. The van der Waals surface area contributed by atoms with Crippen molar-refractivity contribution in [2.75, 3.05) is 13.6 Å². The third kappa shape index (κ3) is 3.27. The number of carbonyl (C=O) groups is 1. The lowest BCUT2D eigenvalue weighted by atomic mass is 9.85. The van der Waals surface area contributed by atoms with E-state index in [0.29, 0.717) is 18.3 Å². The van der Waals surface area contributed by atoms with Gasteiger partial charge in [-0.05, 0) is 50.0 Å². The summed E-state index contributed by atoms with van der Waals surface area (Å²) in [7, 11) is 1.63. The average molecular weight is 388 g/mol. The van der Waals surface area contributed by atoms with Crippen LogP contribution in [0.4, 0.5) is 4.79 Å². The highest BCUT2D eigenvalue weighted by Crippen LogP contribution is 2.39. The molecule has 0 unspecified atom stereocenters. The fraction of sp³-hybridized carbons (Fsp3) is 0.526. The molecule has 27 heavy (non-hydrogen) atoms. The predicted molar refractivity (Wildman–Crippen MR) is 105 cm³/mol. The van der Waals surface area contributed by atoms with Crippen molar-refractivity contribution < 1.29 is 15.0 Å². The van der Waals surface area contributed by atoms with Gasteiger partial charge in [0.2, 0.25) is 0 Å². The summed E-state index contributed by atoms with van der Waals surface area (Å²) in [6, 6.07) is 2.27. The minimum atomic E-state index is -0.873. The summed E-state index contributed by atoms with van der Waals surface area (Å²) in [5.41, 5.74) is 2.85. The number of imidazole rings is 1. The normalized spacial score (nSPS) is 21.6. The summed E-state index contributed by atoms with van der Waals surface area (Å²) in [6.07, 6.45) is 4.13. The van der Waals surface area contributed by atoms with Crippen LogP contribution in [0.25, 0.3) is 21.3 Å². The van der Waals surface area contributed by atoms with Gasteiger partial charge in [0.1, 0.15) is 17.4 Å². The molecule has 4 rings (SSSR count). The summed E-state index contributed by atoms with van der Waals surface area (Å²) in [6.45, 7) is 2.33. The largest absolute Gasteiger partial charge is 0.465 e. The molecule has 0 aromatic carbocycles. The van der Waals surface area contributed by atoms with E-state index in [9.17, 15) is 9.90 Å². The van der Waals surface area contributed by atoms with E-state index in [1.807, 2.05) is 11.4 Å². The molecular weight excluding hydrogens is 364 g/mol. The summed E-state index contributed by atoms with van der Waals surface area (Å²) in [4.78, 5) is 21.6. The molecule has 0 spiro atoms. The van der Waals surface area contributed by atoms with Crippen LogP contribution in [-0.2, 0) is 0 Å². The average Bonchev–Trinajstić information content (AvgIpc) is 3.26. The van der Waals surface area contributed by atoms with Gasteiger partial charge < -0.3 is 19.7 Å². The molecule has 7 nitrogen and oxygen atoms in total. The Morgan fingerprint density at radius 3 is 2.78 bits per heavy atom. The van der Waals surface area contributed by atoms with Crippen LogP contribution in [0.3, 0.4) is 0 Å². The van der Waals surface area contributed by atoms with Crippen molar-refractivity contribution in [3.8, 4) is 0 Å². The maximum atomic E-state index is 11.1. The third-order valence-corrected chi connectivity index (χ3v) is 6.47. The highest BCUT2D eigenvalue weighted by atomic mass is 32.1. The van der Waals surface area contributed by atoms with Crippen LogP contribution in [0, 0.1) is 5.92 Å². The van der Waals surface area contributed by atoms with Gasteiger partial charge in [-0.3, -0.25) is 4.98 Å². The van der Waals surface area contributed by atoms with Gasteiger partial charge in [0, 0.05) is 19.6 Å². The molecule has 1 atom stereocenters. The molecule has 1 aliphatic carbocycles. The zero-order valence-corrected chi connectivity index (χ0v) is 16.3. The number of hydrogen-bond donors (Lipinski definition) is 2. The van der Waals surface area contributed by atoms with Gasteiger partial charge in [-0.2, -0.15) is 0 Å². The Labute approximate surface area is 161 Å². The van der Waals surface area contributed by atoms with Crippen molar-refractivity contribution >= 4 is 38.7 Å². The number of carboxylic acid groups (broad SMARTS) is 1. The molecule has 0 aliphatic heterocycles. The summed E-state index contributed by atoms with van der Waals surface area (Å²) in [5.74, 6) is 1.08. The molecule has 1 saturated carbocycles. The van der Waals surface area contributed by atoms with Crippen molar-refractivity contribution in [2.24, 2.45) is 5.92 Å². The lowest BCUT2D eigenvalue weighted by Gasteiger charge is -2.32. The van der Waals surface area contributed by atoms with Gasteiger partial charge in [0.05, 0.1) is 21.9 Å². The zero-order chi connectivity index (χ0) is 19.1. The molecule has 3 heterocycles. The number of hydrogen-bond acceptors (Lipinski definition) is 5. The van der Waals surface area contributed by atoms with Gasteiger partial charge in [-0.15, -0.1) is 11.3 Å². The second-order valence-corrected chi connectivity index (χ2v) is 8.40. The number of nitrogens with zero attached hydrogens (tertiary/aromatic N) is 4. The maximum Gasteiger partial charge on any atom is 0.407 e. The fourth-order valence-electron chi connectivity index (χ4n) is 4.21. The molecular formula is C19H24N4O3S. The van der Waals surface area contributed by atoms with Crippen LogP contribution in [0.2, 0.25) is 0 Å². The zero-order valence-electron chi connectivity index (χ0n) is 15.5. The summed E-state index contributed by atoms with van der Waals surface area (Å²) >= 11 is 1.66. The Balaban J connectivity index is 1.66. The number of amides is 1. The van der Waals surface area contributed by atoms with E-state index in [1.54, 1.807) is 31.5 Å². The Hall–Kier alpha value is -2.19. The number of aromatic nitrogens is 3. The molecule has 0 saturated heterocycles. The molecule has 0 radical (unpaired) electrons. The van der Waals surface area contributed by atoms with Gasteiger partial charge in [0.15, 0.2) is 0 Å². The molecule has 1 amide bonds. The van der Waals surface area contributed by atoms with E-state index in [4.69, 9.17) is 5.11 Å². The molecule has 8 heteroatoms. The van der Waals surface area contributed by atoms with Gasteiger partial charge in [0.25, 0.3) is 0 Å². The van der Waals surface area contributed by atoms with E-state index in [0.717, 1.165) is 46.9 Å². The maximum absolute atomic E-state index is 11.1. The van der Waals surface area contributed by atoms with Crippen molar-refractivity contribution in [1.82, 2.24) is 19.4 Å². The van der Waals surface area contributed by atoms with Crippen LogP contribution in [0.1, 0.15) is 50.6 Å². The fourth-order valence-corrected chi connectivity index (χ4v) is 5.10. The highest BCUT2D eigenvalue weighted by Gasteiger charge is 2.29. The molecule has 2 N–H and O–H groups in total.